The Hall–Kier alpha value is -2.66. The maximum Gasteiger partial charge on any atom is 0.199 e. The Morgan fingerprint density at radius 1 is 1.17 bits per heavy atom. The molecule has 3 aromatic rings. The topological polar surface area (TPSA) is 64.4 Å². The summed E-state index contributed by atoms with van der Waals surface area (Å²) < 4.78 is 7.99. The van der Waals surface area contributed by atoms with Gasteiger partial charge in [-0.05, 0) is 24.6 Å². The van der Waals surface area contributed by atoms with Crippen molar-refractivity contribution in [3.05, 3.63) is 59.4 Å². The standard InChI is InChI=1S/C18H16N2O3/c1-10-19-14-13(20(10)2)9-8-12-15(21)16(22)17(23-18(12)14)11-6-4-3-5-7-11/h3-9,16-17,22H,1-2H3/t16-,17+/m0/s1. The molecule has 0 saturated heterocycles. The number of carbonyl (C=O) groups is 1. The first-order chi connectivity index (χ1) is 11.1. The predicted molar refractivity (Wildman–Crippen MR) is 85.6 cm³/mol. The number of aryl methyl sites for hydroxylation is 2. The monoisotopic (exact) mass is 308 g/mol. The highest BCUT2D eigenvalue weighted by Gasteiger charge is 2.38. The molecule has 116 valence electrons. The SMILES string of the molecule is Cc1nc2c3c(ccc2n1C)C(=O)[C@H](O)[C@@H](c1ccccc1)O3. The molecule has 1 aromatic heterocycles. The fourth-order valence-corrected chi connectivity index (χ4v) is 3.05. The second kappa shape index (κ2) is 4.93. The summed E-state index contributed by atoms with van der Waals surface area (Å²) in [5.74, 6) is 0.965. The maximum atomic E-state index is 12.6. The molecule has 4 rings (SSSR count). The third-order valence-corrected chi connectivity index (χ3v) is 4.42. The quantitative estimate of drug-likeness (QED) is 0.750. The van der Waals surface area contributed by atoms with Gasteiger partial charge >= 0.3 is 0 Å². The van der Waals surface area contributed by atoms with Gasteiger partial charge in [0, 0.05) is 7.05 Å². The summed E-state index contributed by atoms with van der Waals surface area (Å²) in [7, 11) is 1.92. The molecule has 0 unspecified atom stereocenters. The van der Waals surface area contributed by atoms with E-state index in [1.807, 2.05) is 54.9 Å². The molecule has 5 nitrogen and oxygen atoms in total. The van der Waals surface area contributed by atoms with E-state index in [4.69, 9.17) is 4.74 Å². The van der Waals surface area contributed by atoms with Gasteiger partial charge in [0.25, 0.3) is 0 Å². The summed E-state index contributed by atoms with van der Waals surface area (Å²) in [6.45, 7) is 1.90. The van der Waals surface area contributed by atoms with E-state index in [1.165, 1.54) is 0 Å². The summed E-state index contributed by atoms with van der Waals surface area (Å²) in [5.41, 5.74) is 2.71. The van der Waals surface area contributed by atoms with Gasteiger partial charge < -0.3 is 14.4 Å². The zero-order chi connectivity index (χ0) is 16.1. The molecule has 0 saturated carbocycles. The minimum absolute atomic E-state index is 0.328. The van der Waals surface area contributed by atoms with Crippen LogP contribution in [-0.2, 0) is 7.05 Å². The molecule has 0 radical (unpaired) electrons. The Bertz CT molecular complexity index is 915. The van der Waals surface area contributed by atoms with Crippen LogP contribution in [0.2, 0.25) is 0 Å². The van der Waals surface area contributed by atoms with Crippen molar-refractivity contribution in [2.24, 2.45) is 7.05 Å². The lowest BCUT2D eigenvalue weighted by molar-refractivity contribution is 0.0223. The fraction of sp³-hybridized carbons (Fsp3) is 0.222. The molecule has 0 spiro atoms. The molecular weight excluding hydrogens is 292 g/mol. The van der Waals surface area contributed by atoms with Crippen LogP contribution in [0.1, 0.15) is 27.8 Å². The molecule has 2 aromatic carbocycles. The van der Waals surface area contributed by atoms with Gasteiger partial charge in [-0.3, -0.25) is 4.79 Å². The lowest BCUT2D eigenvalue weighted by Crippen LogP contribution is -2.36. The number of hydrogen-bond acceptors (Lipinski definition) is 4. The minimum Gasteiger partial charge on any atom is -0.479 e. The van der Waals surface area contributed by atoms with E-state index in [2.05, 4.69) is 4.98 Å². The van der Waals surface area contributed by atoms with Crippen LogP contribution in [0.15, 0.2) is 42.5 Å². The number of hydrogen-bond donors (Lipinski definition) is 1. The normalized spacial score (nSPS) is 20.4. The number of aliphatic hydroxyl groups excluding tert-OH is 1. The summed E-state index contributed by atoms with van der Waals surface area (Å²) >= 11 is 0. The second-order valence-electron chi connectivity index (χ2n) is 5.79. The average Bonchev–Trinajstić information content (AvgIpc) is 2.86. The first-order valence-corrected chi connectivity index (χ1v) is 7.48. The van der Waals surface area contributed by atoms with Crippen LogP contribution in [0.3, 0.4) is 0 Å². The predicted octanol–water partition coefficient (Wildman–Crippen LogP) is 2.56. The van der Waals surface area contributed by atoms with Crippen molar-refractivity contribution in [3.8, 4) is 5.75 Å². The Kier molecular flexibility index (Phi) is 2.99. The third-order valence-electron chi connectivity index (χ3n) is 4.42. The highest BCUT2D eigenvalue weighted by molar-refractivity contribution is 6.07. The molecule has 0 fully saturated rings. The Morgan fingerprint density at radius 2 is 1.91 bits per heavy atom. The number of carbonyl (C=O) groups excluding carboxylic acids is 1. The van der Waals surface area contributed by atoms with Crippen LogP contribution in [0, 0.1) is 6.92 Å². The highest BCUT2D eigenvalue weighted by Crippen LogP contribution is 2.39. The van der Waals surface area contributed by atoms with E-state index >= 15 is 0 Å². The first-order valence-electron chi connectivity index (χ1n) is 7.48. The van der Waals surface area contributed by atoms with E-state index in [0.29, 0.717) is 16.8 Å². The molecule has 1 N–H and O–H groups in total. The zero-order valence-corrected chi connectivity index (χ0v) is 12.9. The summed E-state index contributed by atoms with van der Waals surface area (Å²) in [6, 6.07) is 12.8. The van der Waals surface area contributed by atoms with Gasteiger partial charge in [0.2, 0.25) is 0 Å². The van der Waals surface area contributed by atoms with Crippen molar-refractivity contribution in [3.63, 3.8) is 0 Å². The number of nitrogens with zero attached hydrogens (tertiary/aromatic N) is 2. The number of rotatable bonds is 1. The molecule has 2 heterocycles. The molecular formula is C18H16N2O3. The van der Waals surface area contributed by atoms with Crippen LogP contribution in [-0.4, -0.2) is 26.5 Å². The smallest absolute Gasteiger partial charge is 0.199 e. The molecule has 0 bridgehead atoms. The minimum atomic E-state index is -1.22. The Balaban J connectivity index is 1.92. The van der Waals surface area contributed by atoms with E-state index in [0.717, 1.165) is 16.9 Å². The zero-order valence-electron chi connectivity index (χ0n) is 12.9. The van der Waals surface area contributed by atoms with E-state index in [1.54, 1.807) is 6.07 Å². The summed E-state index contributed by atoms with van der Waals surface area (Å²) in [5, 5.41) is 10.4. The molecule has 5 heteroatoms. The van der Waals surface area contributed by atoms with E-state index in [-0.39, 0.29) is 5.78 Å². The number of aromatic nitrogens is 2. The number of ether oxygens (including phenoxy) is 1. The summed E-state index contributed by atoms with van der Waals surface area (Å²) in [6.07, 6.45) is -1.93. The number of fused-ring (bicyclic) bond motifs is 3. The molecule has 0 aliphatic carbocycles. The van der Waals surface area contributed by atoms with Crippen molar-refractivity contribution >= 4 is 16.8 Å². The molecule has 0 amide bonds. The lowest BCUT2D eigenvalue weighted by atomic mass is 9.93. The van der Waals surface area contributed by atoms with Gasteiger partial charge in [0.05, 0.1) is 11.1 Å². The largest absolute Gasteiger partial charge is 0.479 e. The van der Waals surface area contributed by atoms with Gasteiger partial charge in [-0.1, -0.05) is 30.3 Å². The van der Waals surface area contributed by atoms with Crippen molar-refractivity contribution in [1.29, 1.82) is 0 Å². The van der Waals surface area contributed by atoms with Gasteiger partial charge in [0.1, 0.15) is 11.3 Å². The van der Waals surface area contributed by atoms with Gasteiger partial charge in [-0.15, -0.1) is 0 Å². The number of ketones is 1. The Labute approximate surface area is 133 Å². The van der Waals surface area contributed by atoms with E-state index in [9.17, 15) is 9.90 Å². The van der Waals surface area contributed by atoms with Gasteiger partial charge in [-0.2, -0.15) is 0 Å². The molecule has 1 aliphatic rings. The van der Waals surface area contributed by atoms with Crippen molar-refractivity contribution < 1.29 is 14.6 Å². The van der Waals surface area contributed by atoms with Gasteiger partial charge in [0.15, 0.2) is 23.7 Å². The van der Waals surface area contributed by atoms with Crippen molar-refractivity contribution in [2.75, 3.05) is 0 Å². The number of benzene rings is 2. The van der Waals surface area contributed by atoms with E-state index < -0.39 is 12.2 Å². The van der Waals surface area contributed by atoms with Gasteiger partial charge in [-0.25, -0.2) is 4.98 Å². The summed E-state index contributed by atoms with van der Waals surface area (Å²) in [4.78, 5) is 17.1. The third kappa shape index (κ3) is 1.97. The van der Waals surface area contributed by atoms with Crippen LogP contribution >= 0.6 is 0 Å². The molecule has 1 aliphatic heterocycles. The van der Waals surface area contributed by atoms with Crippen molar-refractivity contribution in [1.82, 2.24) is 9.55 Å². The first kappa shape index (κ1) is 14.0. The lowest BCUT2D eigenvalue weighted by Gasteiger charge is -2.29. The second-order valence-corrected chi connectivity index (χ2v) is 5.79. The maximum absolute atomic E-state index is 12.6. The number of Topliss-reactive ketones (excluding diaryl/α,β-unsaturated/α-hetero) is 1. The molecule has 23 heavy (non-hydrogen) atoms. The fourth-order valence-electron chi connectivity index (χ4n) is 3.05. The van der Waals surface area contributed by atoms with Crippen LogP contribution in [0.4, 0.5) is 0 Å². The van der Waals surface area contributed by atoms with Crippen LogP contribution in [0.25, 0.3) is 11.0 Å². The number of aliphatic hydroxyl groups is 1. The average molecular weight is 308 g/mol. The number of imidazole rings is 1. The van der Waals surface area contributed by atoms with Crippen LogP contribution < -0.4 is 4.74 Å². The van der Waals surface area contributed by atoms with Crippen LogP contribution in [0.5, 0.6) is 5.75 Å². The van der Waals surface area contributed by atoms with Crippen molar-refractivity contribution in [2.45, 2.75) is 19.1 Å². The Morgan fingerprint density at radius 3 is 2.65 bits per heavy atom. The highest BCUT2D eigenvalue weighted by atomic mass is 16.5. The molecule has 2 atom stereocenters.